The van der Waals surface area contributed by atoms with E-state index >= 15 is 0 Å². The summed E-state index contributed by atoms with van der Waals surface area (Å²) in [5.74, 6) is 1.29. The molecule has 0 bridgehead atoms. The van der Waals surface area contributed by atoms with Gasteiger partial charge in [0.25, 0.3) is 5.89 Å². The zero-order chi connectivity index (χ0) is 12.1. The Kier molecular flexibility index (Phi) is 3.72. The number of aromatic nitrogens is 2. The van der Waals surface area contributed by atoms with Gasteiger partial charge in [-0.3, -0.25) is 0 Å². The van der Waals surface area contributed by atoms with Crippen LogP contribution < -0.4 is 0 Å². The summed E-state index contributed by atoms with van der Waals surface area (Å²) < 4.78 is 10.3. The van der Waals surface area contributed by atoms with Crippen molar-refractivity contribution in [2.24, 2.45) is 0 Å². The topological polar surface area (TPSA) is 68.4 Å². The molecule has 2 aromatic rings. The average Bonchev–Trinajstić information content (AvgIpc) is 2.79. The molecule has 5 nitrogen and oxygen atoms in total. The van der Waals surface area contributed by atoms with Crippen LogP contribution in [0.1, 0.15) is 12.7 Å². The van der Waals surface area contributed by atoms with Gasteiger partial charge in [-0.15, -0.1) is 0 Å². The molecule has 0 aliphatic heterocycles. The van der Waals surface area contributed by atoms with Crippen LogP contribution in [0.5, 0.6) is 5.75 Å². The van der Waals surface area contributed by atoms with E-state index in [9.17, 15) is 0 Å². The second-order valence-electron chi connectivity index (χ2n) is 3.51. The zero-order valence-corrected chi connectivity index (χ0v) is 9.59. The molecule has 0 unspecified atom stereocenters. The first-order valence-electron chi connectivity index (χ1n) is 5.49. The normalized spacial score (nSPS) is 10.6. The average molecular weight is 234 g/mol. The van der Waals surface area contributed by atoms with Crippen LogP contribution in [0.4, 0.5) is 0 Å². The first-order valence-corrected chi connectivity index (χ1v) is 5.49. The summed E-state index contributed by atoms with van der Waals surface area (Å²) in [5.41, 5.74) is 0.790. The van der Waals surface area contributed by atoms with Gasteiger partial charge in [-0.05, 0) is 31.2 Å². The largest absolute Gasteiger partial charge is 0.508 e. The highest BCUT2D eigenvalue weighted by Gasteiger charge is 2.08. The van der Waals surface area contributed by atoms with Crippen LogP contribution in [-0.2, 0) is 11.2 Å². The number of phenols is 1. The maximum atomic E-state index is 9.17. The minimum Gasteiger partial charge on any atom is -0.508 e. The summed E-state index contributed by atoms with van der Waals surface area (Å²) in [6, 6.07) is 6.63. The summed E-state index contributed by atoms with van der Waals surface area (Å²) in [7, 11) is 0. The van der Waals surface area contributed by atoms with Crippen molar-refractivity contribution in [2.75, 3.05) is 13.2 Å². The number of aromatic hydroxyl groups is 1. The molecule has 0 aliphatic carbocycles. The van der Waals surface area contributed by atoms with Gasteiger partial charge in [0.05, 0.1) is 6.61 Å². The van der Waals surface area contributed by atoms with E-state index in [0.717, 1.165) is 5.56 Å². The SMILES string of the molecule is CCOCCc1noc(-c2ccc(O)cc2)n1. The third-order valence-electron chi connectivity index (χ3n) is 2.26. The molecule has 0 radical (unpaired) electrons. The fraction of sp³-hybridized carbons (Fsp3) is 0.333. The second kappa shape index (κ2) is 5.45. The molecular weight excluding hydrogens is 220 g/mol. The number of benzene rings is 1. The number of nitrogens with zero attached hydrogens (tertiary/aromatic N) is 2. The van der Waals surface area contributed by atoms with Crippen LogP contribution in [0.2, 0.25) is 0 Å². The van der Waals surface area contributed by atoms with Crippen molar-refractivity contribution in [3.63, 3.8) is 0 Å². The van der Waals surface area contributed by atoms with Gasteiger partial charge >= 0.3 is 0 Å². The van der Waals surface area contributed by atoms with Crippen LogP contribution >= 0.6 is 0 Å². The Hall–Kier alpha value is -1.88. The summed E-state index contributed by atoms with van der Waals surface area (Å²) >= 11 is 0. The third kappa shape index (κ3) is 3.04. The first-order chi connectivity index (χ1) is 8.29. The molecule has 0 fully saturated rings. The van der Waals surface area contributed by atoms with Crippen molar-refractivity contribution >= 4 is 0 Å². The maximum Gasteiger partial charge on any atom is 0.257 e. The van der Waals surface area contributed by atoms with Gasteiger partial charge in [-0.1, -0.05) is 5.16 Å². The lowest BCUT2D eigenvalue weighted by Crippen LogP contribution is -1.99. The van der Waals surface area contributed by atoms with E-state index in [1.165, 1.54) is 0 Å². The lowest BCUT2D eigenvalue weighted by molar-refractivity contribution is 0.149. The Morgan fingerprint density at radius 3 is 2.76 bits per heavy atom. The fourth-order valence-electron chi connectivity index (χ4n) is 1.38. The van der Waals surface area contributed by atoms with E-state index in [0.29, 0.717) is 31.3 Å². The van der Waals surface area contributed by atoms with Gasteiger partial charge < -0.3 is 14.4 Å². The van der Waals surface area contributed by atoms with Crippen LogP contribution in [0.25, 0.3) is 11.5 Å². The van der Waals surface area contributed by atoms with Crippen LogP contribution in [-0.4, -0.2) is 28.5 Å². The fourth-order valence-corrected chi connectivity index (χ4v) is 1.38. The van der Waals surface area contributed by atoms with Crippen molar-refractivity contribution in [2.45, 2.75) is 13.3 Å². The molecule has 0 saturated heterocycles. The lowest BCUT2D eigenvalue weighted by atomic mass is 10.2. The molecule has 0 aliphatic rings. The molecule has 1 N–H and O–H groups in total. The first kappa shape index (κ1) is 11.6. The van der Waals surface area contributed by atoms with Crippen LogP contribution in [0, 0.1) is 0 Å². The number of hydrogen-bond acceptors (Lipinski definition) is 5. The smallest absolute Gasteiger partial charge is 0.257 e. The molecule has 0 amide bonds. The molecular formula is C12H14N2O3. The van der Waals surface area contributed by atoms with Gasteiger partial charge in [0.1, 0.15) is 5.75 Å². The van der Waals surface area contributed by atoms with Gasteiger partial charge in [-0.2, -0.15) is 4.98 Å². The number of rotatable bonds is 5. The highest BCUT2D eigenvalue weighted by molar-refractivity contribution is 5.53. The zero-order valence-electron chi connectivity index (χ0n) is 9.59. The van der Waals surface area contributed by atoms with Gasteiger partial charge in [0.15, 0.2) is 5.82 Å². The quantitative estimate of drug-likeness (QED) is 0.801. The Balaban J connectivity index is 2.04. The van der Waals surface area contributed by atoms with Gasteiger partial charge in [-0.25, -0.2) is 0 Å². The van der Waals surface area contributed by atoms with E-state index in [1.54, 1.807) is 24.3 Å². The molecule has 0 saturated carbocycles. The minimum absolute atomic E-state index is 0.213. The number of ether oxygens (including phenoxy) is 1. The Morgan fingerprint density at radius 2 is 2.06 bits per heavy atom. The second-order valence-corrected chi connectivity index (χ2v) is 3.51. The number of hydrogen-bond donors (Lipinski definition) is 1. The van der Waals surface area contributed by atoms with Crippen molar-refractivity contribution < 1.29 is 14.4 Å². The van der Waals surface area contributed by atoms with Crippen LogP contribution in [0.15, 0.2) is 28.8 Å². The molecule has 1 aromatic heterocycles. The molecule has 17 heavy (non-hydrogen) atoms. The predicted molar refractivity (Wildman–Crippen MR) is 61.6 cm³/mol. The monoisotopic (exact) mass is 234 g/mol. The van der Waals surface area contributed by atoms with Crippen molar-refractivity contribution in [3.05, 3.63) is 30.1 Å². The van der Waals surface area contributed by atoms with Crippen molar-refractivity contribution in [1.82, 2.24) is 10.1 Å². The van der Waals surface area contributed by atoms with E-state index in [2.05, 4.69) is 10.1 Å². The highest BCUT2D eigenvalue weighted by atomic mass is 16.5. The van der Waals surface area contributed by atoms with E-state index in [4.69, 9.17) is 14.4 Å². The molecule has 90 valence electrons. The van der Waals surface area contributed by atoms with E-state index < -0.39 is 0 Å². The van der Waals surface area contributed by atoms with Crippen LogP contribution in [0.3, 0.4) is 0 Å². The minimum atomic E-state index is 0.213. The summed E-state index contributed by atoms with van der Waals surface area (Å²) in [6.07, 6.45) is 0.634. The lowest BCUT2D eigenvalue weighted by Gasteiger charge is -1.95. The third-order valence-corrected chi connectivity index (χ3v) is 2.26. The van der Waals surface area contributed by atoms with Crippen molar-refractivity contribution in [1.29, 1.82) is 0 Å². The Morgan fingerprint density at radius 1 is 1.29 bits per heavy atom. The van der Waals surface area contributed by atoms with Gasteiger partial charge in [0, 0.05) is 18.6 Å². The standard InChI is InChI=1S/C12H14N2O3/c1-2-16-8-7-11-13-12(17-14-11)9-3-5-10(15)6-4-9/h3-6,15H,2,7-8H2,1H3. The predicted octanol–water partition coefficient (Wildman–Crippen LogP) is 2.02. The summed E-state index contributed by atoms with van der Waals surface area (Å²) in [4.78, 5) is 4.24. The Bertz CT molecular complexity index is 465. The van der Waals surface area contributed by atoms with Crippen molar-refractivity contribution in [3.8, 4) is 17.2 Å². The molecule has 2 rings (SSSR count). The molecule has 5 heteroatoms. The highest BCUT2D eigenvalue weighted by Crippen LogP contribution is 2.19. The molecule has 1 heterocycles. The van der Waals surface area contributed by atoms with Gasteiger partial charge in [0.2, 0.25) is 0 Å². The maximum absolute atomic E-state index is 9.17. The molecule has 1 aromatic carbocycles. The van der Waals surface area contributed by atoms with E-state index in [-0.39, 0.29) is 5.75 Å². The summed E-state index contributed by atoms with van der Waals surface area (Å²) in [6.45, 7) is 3.21. The molecule has 0 atom stereocenters. The number of phenolic OH excluding ortho intramolecular Hbond substituents is 1. The molecule has 0 spiro atoms. The van der Waals surface area contributed by atoms with E-state index in [1.807, 2.05) is 6.92 Å². The Labute approximate surface area is 99.0 Å². The summed E-state index contributed by atoms with van der Waals surface area (Å²) in [5, 5.41) is 13.0.